The lowest BCUT2D eigenvalue weighted by molar-refractivity contribution is -0.119. The number of carbonyl (C=O) groups excluding carboxylic acids is 2. The second-order valence-corrected chi connectivity index (χ2v) is 7.55. The zero-order chi connectivity index (χ0) is 21.1. The fourth-order valence-electron chi connectivity index (χ4n) is 2.99. The Morgan fingerprint density at radius 2 is 1.90 bits per heavy atom. The number of para-hydroxylation sites is 1. The van der Waals surface area contributed by atoms with Crippen molar-refractivity contribution in [3.63, 3.8) is 0 Å². The summed E-state index contributed by atoms with van der Waals surface area (Å²) < 4.78 is 12.1. The molecule has 0 unspecified atom stereocenters. The number of hydrogen-bond acceptors (Lipinski definition) is 6. The van der Waals surface area contributed by atoms with Crippen molar-refractivity contribution in [1.82, 2.24) is 9.78 Å². The predicted octanol–water partition coefficient (Wildman–Crippen LogP) is 4.20. The van der Waals surface area contributed by atoms with E-state index in [2.05, 4.69) is 10.4 Å². The van der Waals surface area contributed by atoms with E-state index in [4.69, 9.17) is 9.47 Å². The summed E-state index contributed by atoms with van der Waals surface area (Å²) in [4.78, 5) is 25.9. The number of amides is 1. The molecule has 0 bridgehead atoms. The molecule has 2 aromatic carbocycles. The van der Waals surface area contributed by atoms with Crippen molar-refractivity contribution in [2.45, 2.75) is 6.92 Å². The summed E-state index contributed by atoms with van der Waals surface area (Å²) >= 11 is 1.29. The molecule has 1 amide bonds. The Morgan fingerprint density at radius 3 is 2.67 bits per heavy atom. The molecular formula is C22H19N3O4S. The van der Waals surface area contributed by atoms with Gasteiger partial charge in [-0.2, -0.15) is 5.10 Å². The van der Waals surface area contributed by atoms with E-state index in [-0.39, 0.29) is 6.61 Å². The molecule has 0 saturated heterocycles. The molecule has 0 spiro atoms. The van der Waals surface area contributed by atoms with Gasteiger partial charge >= 0.3 is 5.97 Å². The number of anilines is 1. The van der Waals surface area contributed by atoms with Gasteiger partial charge in [-0.25, -0.2) is 9.48 Å². The van der Waals surface area contributed by atoms with Crippen LogP contribution in [0.2, 0.25) is 0 Å². The van der Waals surface area contributed by atoms with Gasteiger partial charge < -0.3 is 14.8 Å². The highest BCUT2D eigenvalue weighted by Crippen LogP contribution is 2.30. The second kappa shape index (κ2) is 8.38. The smallest absolute Gasteiger partial charge is 0.348 e. The molecule has 8 heteroatoms. The zero-order valence-electron chi connectivity index (χ0n) is 16.4. The minimum absolute atomic E-state index is 0.381. The van der Waals surface area contributed by atoms with Gasteiger partial charge in [-0.15, -0.1) is 11.3 Å². The molecule has 0 atom stereocenters. The minimum atomic E-state index is -0.545. The van der Waals surface area contributed by atoms with Crippen LogP contribution in [0.25, 0.3) is 15.9 Å². The average Bonchev–Trinajstić information content (AvgIpc) is 3.33. The highest BCUT2D eigenvalue weighted by atomic mass is 32.1. The Balaban J connectivity index is 1.45. The van der Waals surface area contributed by atoms with Crippen LogP contribution in [-0.4, -0.2) is 35.4 Å². The van der Waals surface area contributed by atoms with E-state index in [1.165, 1.54) is 11.3 Å². The number of rotatable bonds is 6. The third-order valence-corrected chi connectivity index (χ3v) is 5.53. The number of benzene rings is 2. The summed E-state index contributed by atoms with van der Waals surface area (Å²) in [6.45, 7) is 1.51. The van der Waals surface area contributed by atoms with Gasteiger partial charge in [0.05, 0.1) is 18.5 Å². The standard InChI is InChI=1S/C22H19N3O4S/c1-14-18-12-19(30-21(18)25(24-14)16-8-4-3-5-9-16)22(27)29-13-20(26)23-15-7-6-10-17(11-15)28-2/h3-12H,13H2,1-2H3,(H,23,26). The van der Waals surface area contributed by atoms with Crippen molar-refractivity contribution in [3.8, 4) is 11.4 Å². The maximum atomic E-state index is 12.5. The largest absolute Gasteiger partial charge is 0.497 e. The van der Waals surface area contributed by atoms with Crippen LogP contribution in [0.15, 0.2) is 60.7 Å². The van der Waals surface area contributed by atoms with Crippen molar-refractivity contribution in [2.24, 2.45) is 0 Å². The number of nitrogens with zero attached hydrogens (tertiary/aromatic N) is 2. The van der Waals surface area contributed by atoms with E-state index in [1.807, 2.05) is 41.9 Å². The van der Waals surface area contributed by atoms with Gasteiger partial charge in [0.15, 0.2) is 6.61 Å². The molecule has 30 heavy (non-hydrogen) atoms. The Morgan fingerprint density at radius 1 is 1.10 bits per heavy atom. The minimum Gasteiger partial charge on any atom is -0.497 e. The van der Waals surface area contributed by atoms with Crippen LogP contribution >= 0.6 is 11.3 Å². The molecule has 4 rings (SSSR count). The monoisotopic (exact) mass is 421 g/mol. The van der Waals surface area contributed by atoms with E-state index in [0.717, 1.165) is 21.6 Å². The first kappa shape index (κ1) is 19.7. The van der Waals surface area contributed by atoms with Crippen molar-refractivity contribution in [2.75, 3.05) is 19.0 Å². The lowest BCUT2D eigenvalue weighted by Gasteiger charge is -2.07. The number of methoxy groups -OCH3 is 1. The fourth-order valence-corrected chi connectivity index (χ4v) is 4.07. The van der Waals surface area contributed by atoms with Crippen LogP contribution in [-0.2, 0) is 9.53 Å². The Labute approximate surface area is 176 Å². The van der Waals surface area contributed by atoms with Crippen LogP contribution in [0.4, 0.5) is 5.69 Å². The van der Waals surface area contributed by atoms with Crippen LogP contribution < -0.4 is 10.1 Å². The molecule has 0 saturated carbocycles. The van der Waals surface area contributed by atoms with Gasteiger partial charge in [0.1, 0.15) is 15.5 Å². The molecule has 0 aliphatic heterocycles. The Hall–Kier alpha value is -3.65. The first-order valence-corrected chi connectivity index (χ1v) is 10.0. The van der Waals surface area contributed by atoms with Gasteiger partial charge in [-0.3, -0.25) is 4.79 Å². The Kier molecular flexibility index (Phi) is 5.49. The Bertz CT molecular complexity index is 1210. The van der Waals surface area contributed by atoms with Gasteiger partial charge in [0, 0.05) is 17.1 Å². The summed E-state index contributed by atoms with van der Waals surface area (Å²) in [6.07, 6.45) is 0. The summed E-state index contributed by atoms with van der Waals surface area (Å²) in [6, 6.07) is 18.4. The van der Waals surface area contributed by atoms with E-state index < -0.39 is 11.9 Å². The third kappa shape index (κ3) is 4.04. The normalized spacial score (nSPS) is 10.7. The highest BCUT2D eigenvalue weighted by molar-refractivity contribution is 7.20. The fraction of sp³-hybridized carbons (Fsp3) is 0.136. The molecule has 0 radical (unpaired) electrons. The number of aryl methyl sites for hydroxylation is 1. The number of hydrogen-bond donors (Lipinski definition) is 1. The van der Waals surface area contributed by atoms with Gasteiger partial charge in [0.2, 0.25) is 0 Å². The van der Waals surface area contributed by atoms with Crippen molar-refractivity contribution in [1.29, 1.82) is 0 Å². The molecule has 1 N–H and O–H groups in total. The number of ether oxygens (including phenoxy) is 2. The van der Waals surface area contributed by atoms with Crippen LogP contribution in [0.5, 0.6) is 5.75 Å². The average molecular weight is 421 g/mol. The van der Waals surface area contributed by atoms with Crippen LogP contribution in [0.1, 0.15) is 15.4 Å². The van der Waals surface area contributed by atoms with Crippen molar-refractivity contribution >= 4 is 39.1 Å². The van der Waals surface area contributed by atoms with E-state index >= 15 is 0 Å². The topological polar surface area (TPSA) is 82.4 Å². The van der Waals surface area contributed by atoms with Crippen LogP contribution in [0, 0.1) is 6.92 Å². The lowest BCUT2D eigenvalue weighted by Crippen LogP contribution is -2.20. The van der Waals surface area contributed by atoms with Gasteiger partial charge in [-0.05, 0) is 37.3 Å². The first-order valence-electron chi connectivity index (χ1n) is 9.21. The molecule has 152 valence electrons. The second-order valence-electron chi connectivity index (χ2n) is 6.52. The molecule has 0 aliphatic carbocycles. The summed E-state index contributed by atoms with van der Waals surface area (Å²) in [7, 11) is 1.55. The predicted molar refractivity (Wildman–Crippen MR) is 116 cm³/mol. The maximum absolute atomic E-state index is 12.5. The molecular weight excluding hydrogens is 402 g/mol. The van der Waals surface area contributed by atoms with E-state index in [0.29, 0.717) is 16.3 Å². The number of fused-ring (bicyclic) bond motifs is 1. The summed E-state index contributed by atoms with van der Waals surface area (Å²) in [5.41, 5.74) is 2.30. The third-order valence-electron chi connectivity index (χ3n) is 4.43. The molecule has 2 heterocycles. The quantitative estimate of drug-likeness (QED) is 0.472. The number of esters is 1. The van der Waals surface area contributed by atoms with Gasteiger partial charge in [-0.1, -0.05) is 24.3 Å². The number of carbonyl (C=O) groups is 2. The number of thiophene rings is 1. The van der Waals surface area contributed by atoms with Crippen molar-refractivity contribution < 1.29 is 19.1 Å². The SMILES string of the molecule is COc1cccc(NC(=O)COC(=O)c2cc3c(C)nn(-c4ccccc4)c3s2)c1. The number of aromatic nitrogens is 2. The lowest BCUT2D eigenvalue weighted by atomic mass is 10.3. The van der Waals surface area contributed by atoms with E-state index in [9.17, 15) is 9.59 Å². The number of nitrogens with one attached hydrogen (secondary N) is 1. The molecule has 4 aromatic rings. The molecule has 7 nitrogen and oxygen atoms in total. The highest BCUT2D eigenvalue weighted by Gasteiger charge is 2.19. The summed E-state index contributed by atoms with van der Waals surface area (Å²) in [5.74, 6) is -0.349. The van der Waals surface area contributed by atoms with Crippen molar-refractivity contribution in [3.05, 3.63) is 71.2 Å². The maximum Gasteiger partial charge on any atom is 0.348 e. The van der Waals surface area contributed by atoms with E-state index in [1.54, 1.807) is 37.4 Å². The first-order chi connectivity index (χ1) is 14.5. The summed E-state index contributed by atoms with van der Waals surface area (Å²) in [5, 5.41) is 8.12. The molecule has 2 aromatic heterocycles. The zero-order valence-corrected chi connectivity index (χ0v) is 17.2. The van der Waals surface area contributed by atoms with Crippen LogP contribution in [0.3, 0.4) is 0 Å². The van der Waals surface area contributed by atoms with Gasteiger partial charge in [0.25, 0.3) is 5.91 Å². The molecule has 0 aliphatic rings. The molecule has 0 fully saturated rings.